The van der Waals surface area contributed by atoms with E-state index >= 15 is 0 Å². The molecule has 14 heavy (non-hydrogen) atoms. The molecule has 82 valence electrons. The quantitative estimate of drug-likeness (QED) is 0.653. The Balaban J connectivity index is 1.94. The minimum atomic E-state index is -3.31. The average molecular weight is 220 g/mol. The van der Waals surface area contributed by atoms with Crippen molar-refractivity contribution >= 4 is 10.1 Å². The Morgan fingerprint density at radius 2 is 2.14 bits per heavy atom. The summed E-state index contributed by atoms with van der Waals surface area (Å²) in [6.45, 7) is 0.625. The van der Waals surface area contributed by atoms with E-state index < -0.39 is 10.1 Å². The lowest BCUT2D eigenvalue weighted by atomic mass is 9.74. The molecule has 1 heterocycles. The van der Waals surface area contributed by atoms with E-state index in [0.29, 0.717) is 13.0 Å². The van der Waals surface area contributed by atoms with Gasteiger partial charge in [-0.15, -0.1) is 0 Å². The first-order valence-electron chi connectivity index (χ1n) is 5.01. The lowest BCUT2D eigenvalue weighted by Gasteiger charge is -2.46. The summed E-state index contributed by atoms with van der Waals surface area (Å²) in [4.78, 5) is 0. The molecule has 0 aromatic heterocycles. The molecule has 0 aromatic rings. The Hall–Kier alpha value is -0.130. The first kappa shape index (κ1) is 10.4. The molecule has 1 aliphatic heterocycles. The van der Waals surface area contributed by atoms with Gasteiger partial charge in [-0.3, -0.25) is 4.18 Å². The summed E-state index contributed by atoms with van der Waals surface area (Å²) in [6.07, 6.45) is 5.66. The van der Waals surface area contributed by atoms with Crippen LogP contribution in [-0.4, -0.2) is 33.0 Å². The highest BCUT2D eigenvalue weighted by atomic mass is 32.2. The summed E-state index contributed by atoms with van der Waals surface area (Å²) >= 11 is 0. The molecule has 0 unspecified atom stereocenters. The van der Waals surface area contributed by atoms with Gasteiger partial charge in [-0.05, 0) is 25.7 Å². The summed E-state index contributed by atoms with van der Waals surface area (Å²) in [5, 5.41) is 0. The molecule has 0 amide bonds. The highest BCUT2D eigenvalue weighted by Crippen LogP contribution is 2.43. The average Bonchev–Trinajstić information content (AvgIpc) is 1.99. The molecule has 1 aliphatic carbocycles. The summed E-state index contributed by atoms with van der Waals surface area (Å²) < 4.78 is 32.6. The third-order valence-electron chi connectivity index (χ3n) is 3.02. The van der Waals surface area contributed by atoms with Crippen molar-refractivity contribution in [3.63, 3.8) is 0 Å². The van der Waals surface area contributed by atoms with Crippen LogP contribution in [0.1, 0.15) is 32.1 Å². The van der Waals surface area contributed by atoms with Crippen molar-refractivity contribution in [2.45, 2.75) is 43.8 Å². The van der Waals surface area contributed by atoms with Gasteiger partial charge in [0, 0.05) is 13.0 Å². The molecule has 0 radical (unpaired) electrons. The molecule has 1 atom stereocenters. The van der Waals surface area contributed by atoms with Gasteiger partial charge in [-0.1, -0.05) is 0 Å². The summed E-state index contributed by atoms with van der Waals surface area (Å²) in [5.74, 6) is 0. The van der Waals surface area contributed by atoms with Crippen LogP contribution in [0.3, 0.4) is 0 Å². The van der Waals surface area contributed by atoms with Crippen molar-refractivity contribution in [2.24, 2.45) is 0 Å². The zero-order valence-corrected chi connectivity index (χ0v) is 9.18. The normalized spacial score (nSPS) is 31.4. The van der Waals surface area contributed by atoms with Crippen LogP contribution in [0.5, 0.6) is 0 Å². The molecule has 2 fully saturated rings. The Labute approximate surface area is 84.7 Å². The Bertz CT molecular complexity index is 305. The highest BCUT2D eigenvalue weighted by Gasteiger charge is 2.43. The van der Waals surface area contributed by atoms with Crippen molar-refractivity contribution in [3.8, 4) is 0 Å². The first-order chi connectivity index (χ1) is 6.49. The topological polar surface area (TPSA) is 52.6 Å². The van der Waals surface area contributed by atoms with E-state index in [0.717, 1.165) is 25.5 Å². The fraction of sp³-hybridized carbons (Fsp3) is 1.00. The highest BCUT2D eigenvalue weighted by molar-refractivity contribution is 7.86. The first-order valence-corrected chi connectivity index (χ1v) is 6.83. The second kappa shape index (κ2) is 3.47. The molecule has 0 bridgehead atoms. The fourth-order valence-corrected chi connectivity index (χ4v) is 2.89. The zero-order valence-electron chi connectivity index (χ0n) is 8.36. The van der Waals surface area contributed by atoms with Crippen LogP contribution >= 0.6 is 0 Å². The van der Waals surface area contributed by atoms with Crippen molar-refractivity contribution in [2.75, 3.05) is 12.9 Å². The zero-order chi connectivity index (χ0) is 10.2. The number of hydrogen-bond donors (Lipinski definition) is 0. The minimum Gasteiger partial charge on any atom is -0.375 e. The fourth-order valence-electron chi connectivity index (χ4n) is 2.23. The van der Waals surface area contributed by atoms with Gasteiger partial charge in [0.15, 0.2) is 0 Å². The Morgan fingerprint density at radius 3 is 2.64 bits per heavy atom. The molecule has 2 rings (SSSR count). The smallest absolute Gasteiger partial charge is 0.264 e. The summed E-state index contributed by atoms with van der Waals surface area (Å²) in [5.41, 5.74) is -0.0480. The maximum absolute atomic E-state index is 11.0. The molecule has 0 aromatic carbocycles. The van der Waals surface area contributed by atoms with Crippen LogP contribution in [0.15, 0.2) is 0 Å². The largest absolute Gasteiger partial charge is 0.375 e. The molecular weight excluding hydrogens is 204 g/mol. The lowest BCUT2D eigenvalue weighted by Crippen LogP contribution is -2.48. The molecule has 4 nitrogen and oxygen atoms in total. The van der Waals surface area contributed by atoms with E-state index in [2.05, 4.69) is 0 Å². The van der Waals surface area contributed by atoms with E-state index in [1.165, 1.54) is 6.42 Å². The third-order valence-corrected chi connectivity index (χ3v) is 3.65. The summed E-state index contributed by atoms with van der Waals surface area (Å²) in [6, 6.07) is 0. The van der Waals surface area contributed by atoms with Gasteiger partial charge in [0.2, 0.25) is 0 Å². The van der Waals surface area contributed by atoms with Gasteiger partial charge in [0.05, 0.1) is 18.0 Å². The van der Waals surface area contributed by atoms with E-state index in [1.807, 2.05) is 0 Å². The summed E-state index contributed by atoms with van der Waals surface area (Å²) in [7, 11) is -3.31. The Morgan fingerprint density at radius 1 is 1.43 bits per heavy atom. The standard InChI is InChI=1S/C9H16O4S/c1-14(10,11)13-8-3-6-12-9(7-8)4-2-5-9/h8H,2-7H2,1H3/t8-/m1/s1. The van der Waals surface area contributed by atoms with Crippen LogP contribution in [0.25, 0.3) is 0 Å². The van der Waals surface area contributed by atoms with E-state index in [1.54, 1.807) is 0 Å². The molecule has 1 spiro atoms. The molecule has 1 saturated heterocycles. The molecule has 2 aliphatic rings. The number of hydrogen-bond acceptors (Lipinski definition) is 4. The number of rotatable bonds is 2. The lowest BCUT2D eigenvalue weighted by molar-refractivity contribution is -0.152. The van der Waals surface area contributed by atoms with Gasteiger partial charge in [0.1, 0.15) is 0 Å². The monoisotopic (exact) mass is 220 g/mol. The van der Waals surface area contributed by atoms with Crippen LogP contribution in [-0.2, 0) is 19.0 Å². The second-order valence-electron chi connectivity index (χ2n) is 4.30. The second-order valence-corrected chi connectivity index (χ2v) is 5.90. The maximum Gasteiger partial charge on any atom is 0.264 e. The Kier molecular flexibility index (Phi) is 2.57. The predicted octanol–water partition coefficient (Wildman–Crippen LogP) is 1.06. The maximum atomic E-state index is 11.0. The van der Waals surface area contributed by atoms with E-state index in [4.69, 9.17) is 8.92 Å². The number of ether oxygens (including phenoxy) is 1. The van der Waals surface area contributed by atoms with Crippen LogP contribution in [0.2, 0.25) is 0 Å². The molecule has 1 saturated carbocycles. The van der Waals surface area contributed by atoms with Gasteiger partial charge in [0.25, 0.3) is 10.1 Å². The molecule has 5 heteroatoms. The van der Waals surface area contributed by atoms with Gasteiger partial charge in [-0.2, -0.15) is 8.42 Å². The van der Waals surface area contributed by atoms with Crippen molar-refractivity contribution in [3.05, 3.63) is 0 Å². The predicted molar refractivity (Wildman–Crippen MR) is 51.5 cm³/mol. The van der Waals surface area contributed by atoms with Gasteiger partial charge in [-0.25, -0.2) is 0 Å². The molecular formula is C9H16O4S. The van der Waals surface area contributed by atoms with Crippen molar-refractivity contribution < 1.29 is 17.3 Å². The third kappa shape index (κ3) is 2.27. The van der Waals surface area contributed by atoms with Crippen molar-refractivity contribution in [1.82, 2.24) is 0 Å². The van der Waals surface area contributed by atoms with E-state index in [-0.39, 0.29) is 11.7 Å². The van der Waals surface area contributed by atoms with Crippen LogP contribution < -0.4 is 0 Å². The molecule has 0 N–H and O–H groups in total. The van der Waals surface area contributed by atoms with Crippen LogP contribution in [0.4, 0.5) is 0 Å². The van der Waals surface area contributed by atoms with Crippen LogP contribution in [0, 0.1) is 0 Å². The SMILES string of the molecule is CS(=O)(=O)O[C@@H]1CCOC2(CCC2)C1. The van der Waals surface area contributed by atoms with Gasteiger partial charge >= 0.3 is 0 Å². The van der Waals surface area contributed by atoms with Crippen molar-refractivity contribution in [1.29, 1.82) is 0 Å². The minimum absolute atomic E-state index is 0.0480. The van der Waals surface area contributed by atoms with Gasteiger partial charge < -0.3 is 4.74 Å². The van der Waals surface area contributed by atoms with E-state index in [9.17, 15) is 8.42 Å².